The van der Waals surface area contributed by atoms with Crippen molar-refractivity contribution < 1.29 is 13.5 Å². The van der Waals surface area contributed by atoms with Gasteiger partial charge >= 0.3 is 0 Å². The SMILES string of the molecule is CCC1CCCC(CC2Cc3ccccc3C2Oc2ccc(F)cc2F)C1. The third-order valence-corrected chi connectivity index (χ3v) is 6.52. The maximum atomic E-state index is 14.2. The zero-order valence-electron chi connectivity index (χ0n) is 16.0. The third-order valence-electron chi connectivity index (χ3n) is 6.52. The molecule has 0 spiro atoms. The molecule has 3 heteroatoms. The second kappa shape index (κ2) is 8.00. The summed E-state index contributed by atoms with van der Waals surface area (Å²) < 4.78 is 33.6. The molecule has 0 aromatic heterocycles. The first-order valence-electron chi connectivity index (χ1n) is 10.3. The van der Waals surface area contributed by atoms with E-state index in [0.717, 1.165) is 36.3 Å². The van der Waals surface area contributed by atoms with Crippen LogP contribution in [-0.4, -0.2) is 0 Å². The van der Waals surface area contributed by atoms with E-state index in [-0.39, 0.29) is 11.9 Å². The van der Waals surface area contributed by atoms with Crippen LogP contribution < -0.4 is 4.74 Å². The fourth-order valence-corrected chi connectivity index (χ4v) is 5.13. The standard InChI is InChI=1S/C24H28F2O/c1-2-16-6-5-7-17(12-16)13-19-14-18-8-3-4-9-21(18)24(19)27-23-11-10-20(25)15-22(23)26/h3-4,8-11,15-17,19,24H,2,5-7,12-14H2,1H3. The maximum Gasteiger partial charge on any atom is 0.168 e. The quantitative estimate of drug-likeness (QED) is 0.558. The van der Waals surface area contributed by atoms with Crippen LogP contribution in [0.1, 0.15) is 62.7 Å². The van der Waals surface area contributed by atoms with E-state index >= 15 is 0 Å². The largest absolute Gasteiger partial charge is 0.482 e. The van der Waals surface area contributed by atoms with Crippen molar-refractivity contribution in [1.82, 2.24) is 0 Å². The van der Waals surface area contributed by atoms with Crippen molar-refractivity contribution in [3.63, 3.8) is 0 Å². The molecule has 27 heavy (non-hydrogen) atoms. The fourth-order valence-electron chi connectivity index (χ4n) is 5.13. The average Bonchev–Trinajstić information content (AvgIpc) is 3.01. The Balaban J connectivity index is 1.55. The Morgan fingerprint density at radius 2 is 1.85 bits per heavy atom. The molecule has 0 bridgehead atoms. The number of benzene rings is 2. The van der Waals surface area contributed by atoms with Crippen LogP contribution in [0.5, 0.6) is 5.75 Å². The number of hydrogen-bond acceptors (Lipinski definition) is 1. The monoisotopic (exact) mass is 370 g/mol. The van der Waals surface area contributed by atoms with E-state index < -0.39 is 11.6 Å². The third kappa shape index (κ3) is 4.02. The van der Waals surface area contributed by atoms with E-state index in [2.05, 4.69) is 25.1 Å². The molecule has 1 fully saturated rings. The van der Waals surface area contributed by atoms with Crippen molar-refractivity contribution in [1.29, 1.82) is 0 Å². The van der Waals surface area contributed by atoms with Crippen LogP contribution in [0, 0.1) is 29.4 Å². The Morgan fingerprint density at radius 3 is 2.67 bits per heavy atom. The van der Waals surface area contributed by atoms with Gasteiger partial charge < -0.3 is 4.74 Å². The summed E-state index contributed by atoms with van der Waals surface area (Å²) >= 11 is 0. The molecule has 0 aliphatic heterocycles. The number of rotatable bonds is 5. The van der Waals surface area contributed by atoms with Gasteiger partial charge in [-0.15, -0.1) is 0 Å². The number of halogens is 2. The summed E-state index contributed by atoms with van der Waals surface area (Å²) in [5.41, 5.74) is 2.46. The Hall–Kier alpha value is -1.90. The van der Waals surface area contributed by atoms with Crippen molar-refractivity contribution in [3.8, 4) is 5.75 Å². The van der Waals surface area contributed by atoms with Crippen LogP contribution in [0.25, 0.3) is 0 Å². The predicted molar refractivity (Wildman–Crippen MR) is 104 cm³/mol. The first-order chi connectivity index (χ1) is 13.1. The Labute approximate surface area is 160 Å². The topological polar surface area (TPSA) is 9.23 Å². The lowest BCUT2D eigenvalue weighted by molar-refractivity contribution is 0.112. The van der Waals surface area contributed by atoms with Crippen molar-refractivity contribution in [2.75, 3.05) is 0 Å². The smallest absolute Gasteiger partial charge is 0.168 e. The van der Waals surface area contributed by atoms with Gasteiger partial charge in [-0.05, 0) is 54.4 Å². The molecule has 2 aliphatic rings. The lowest BCUT2D eigenvalue weighted by atomic mass is 9.75. The van der Waals surface area contributed by atoms with Crippen LogP contribution >= 0.6 is 0 Å². The van der Waals surface area contributed by atoms with Crippen LogP contribution in [0.4, 0.5) is 8.78 Å². The van der Waals surface area contributed by atoms with Gasteiger partial charge in [0.1, 0.15) is 11.9 Å². The lowest BCUT2D eigenvalue weighted by Crippen LogP contribution is -2.22. The molecule has 0 N–H and O–H groups in total. The minimum Gasteiger partial charge on any atom is -0.482 e. The minimum atomic E-state index is -0.623. The normalized spacial score (nSPS) is 27.4. The molecule has 4 atom stereocenters. The number of ether oxygens (including phenoxy) is 1. The molecule has 4 unspecified atom stereocenters. The summed E-state index contributed by atoms with van der Waals surface area (Å²) in [7, 11) is 0. The highest BCUT2D eigenvalue weighted by Crippen LogP contribution is 2.45. The lowest BCUT2D eigenvalue weighted by Gasteiger charge is -2.32. The van der Waals surface area contributed by atoms with Gasteiger partial charge in [0.15, 0.2) is 11.6 Å². The molecule has 2 aromatic carbocycles. The van der Waals surface area contributed by atoms with Gasteiger partial charge in [-0.3, -0.25) is 0 Å². The molecule has 1 nitrogen and oxygen atoms in total. The zero-order valence-corrected chi connectivity index (χ0v) is 16.0. The van der Waals surface area contributed by atoms with Crippen LogP contribution in [-0.2, 0) is 6.42 Å². The van der Waals surface area contributed by atoms with Gasteiger partial charge in [-0.2, -0.15) is 0 Å². The summed E-state index contributed by atoms with van der Waals surface area (Å²) in [5.74, 6) is 0.886. The molecule has 0 heterocycles. The van der Waals surface area contributed by atoms with Crippen molar-refractivity contribution in [2.24, 2.45) is 17.8 Å². The van der Waals surface area contributed by atoms with E-state index in [4.69, 9.17) is 4.74 Å². The van der Waals surface area contributed by atoms with E-state index in [1.54, 1.807) is 0 Å². The number of hydrogen-bond donors (Lipinski definition) is 0. The summed E-state index contributed by atoms with van der Waals surface area (Å²) in [6.07, 6.45) is 8.50. The molecule has 0 saturated heterocycles. The van der Waals surface area contributed by atoms with Crippen molar-refractivity contribution in [3.05, 3.63) is 65.2 Å². The zero-order chi connectivity index (χ0) is 18.8. The van der Waals surface area contributed by atoms with Gasteiger partial charge in [0.25, 0.3) is 0 Å². The van der Waals surface area contributed by atoms with Gasteiger partial charge in [0.2, 0.25) is 0 Å². The Morgan fingerprint density at radius 1 is 1.04 bits per heavy atom. The summed E-state index contributed by atoms with van der Waals surface area (Å²) in [6, 6.07) is 11.9. The molecule has 1 saturated carbocycles. The summed E-state index contributed by atoms with van der Waals surface area (Å²) in [5, 5.41) is 0. The second-order valence-electron chi connectivity index (χ2n) is 8.32. The Bertz CT molecular complexity index is 788. The van der Waals surface area contributed by atoms with Crippen LogP contribution in [0.2, 0.25) is 0 Å². The van der Waals surface area contributed by atoms with Crippen LogP contribution in [0.15, 0.2) is 42.5 Å². The summed E-state index contributed by atoms with van der Waals surface area (Å²) in [4.78, 5) is 0. The highest BCUT2D eigenvalue weighted by atomic mass is 19.1. The van der Waals surface area contributed by atoms with Crippen LogP contribution in [0.3, 0.4) is 0 Å². The first-order valence-corrected chi connectivity index (χ1v) is 10.3. The van der Waals surface area contributed by atoms with Gasteiger partial charge in [-0.25, -0.2) is 8.78 Å². The molecular formula is C24H28F2O. The fraction of sp³-hybridized carbons (Fsp3) is 0.500. The molecular weight excluding hydrogens is 342 g/mol. The predicted octanol–water partition coefficient (Wildman–Crippen LogP) is 6.86. The highest BCUT2D eigenvalue weighted by Gasteiger charge is 2.36. The summed E-state index contributed by atoms with van der Waals surface area (Å²) in [6.45, 7) is 2.29. The van der Waals surface area contributed by atoms with Gasteiger partial charge in [0, 0.05) is 12.0 Å². The van der Waals surface area contributed by atoms with E-state index in [9.17, 15) is 8.78 Å². The number of fused-ring (bicyclic) bond motifs is 1. The molecule has 2 aromatic rings. The van der Waals surface area contributed by atoms with Gasteiger partial charge in [0.05, 0.1) is 0 Å². The van der Waals surface area contributed by atoms with E-state index in [0.29, 0.717) is 5.92 Å². The molecule has 0 radical (unpaired) electrons. The van der Waals surface area contributed by atoms with Gasteiger partial charge in [-0.1, -0.05) is 56.9 Å². The van der Waals surface area contributed by atoms with E-state index in [1.165, 1.54) is 49.8 Å². The van der Waals surface area contributed by atoms with Crippen molar-refractivity contribution >= 4 is 0 Å². The van der Waals surface area contributed by atoms with Crippen molar-refractivity contribution in [2.45, 2.75) is 58.0 Å². The Kier molecular flexibility index (Phi) is 5.47. The first kappa shape index (κ1) is 18.5. The second-order valence-corrected chi connectivity index (χ2v) is 8.32. The maximum absolute atomic E-state index is 14.2. The molecule has 144 valence electrons. The molecule has 4 rings (SSSR count). The highest BCUT2D eigenvalue weighted by molar-refractivity contribution is 5.36. The minimum absolute atomic E-state index is 0.150. The average molecular weight is 370 g/mol. The molecule has 0 amide bonds. The van der Waals surface area contributed by atoms with E-state index in [1.807, 2.05) is 6.07 Å². The molecule has 2 aliphatic carbocycles.